The largest absolute Gasteiger partial charge is 0.416 e. The molecule has 1 aliphatic heterocycles. The summed E-state index contributed by atoms with van der Waals surface area (Å²) in [5, 5.41) is 2.70. The molecule has 5 atom stereocenters. The molecule has 1 N–H and O–H groups in total. The van der Waals surface area contributed by atoms with Crippen LogP contribution in [0.3, 0.4) is 0 Å². The Morgan fingerprint density at radius 2 is 2.00 bits per heavy atom. The number of hydrogen-bond donors (Lipinski definition) is 1. The van der Waals surface area contributed by atoms with Crippen molar-refractivity contribution in [3.8, 4) is 0 Å². The summed E-state index contributed by atoms with van der Waals surface area (Å²) in [5.41, 5.74) is 1.18. The summed E-state index contributed by atoms with van der Waals surface area (Å²) in [4.78, 5) is 17.4. The van der Waals surface area contributed by atoms with Crippen LogP contribution in [0.15, 0.2) is 42.6 Å². The Hall–Kier alpha value is -2.41. The number of rotatable bonds is 4. The SMILES string of the molecule is Cc1cc([C@H]2CO[C@H]([C@@H]3C[C@@H]3C)[C@H]2C(=O)Nc2cccc(C(F)(F)F)c2)ccn1. The van der Waals surface area contributed by atoms with E-state index in [1.807, 2.05) is 19.1 Å². The van der Waals surface area contributed by atoms with Crippen molar-refractivity contribution in [3.05, 3.63) is 59.4 Å². The first kappa shape index (κ1) is 19.9. The first-order valence-electron chi connectivity index (χ1n) is 9.76. The molecule has 2 fully saturated rings. The van der Waals surface area contributed by atoms with Crippen molar-refractivity contribution in [2.45, 2.75) is 38.5 Å². The van der Waals surface area contributed by atoms with Crippen LogP contribution in [-0.2, 0) is 15.7 Å². The number of alkyl halides is 3. The van der Waals surface area contributed by atoms with Gasteiger partial charge in [0, 0.05) is 23.5 Å². The van der Waals surface area contributed by atoms with Gasteiger partial charge in [0.2, 0.25) is 5.91 Å². The van der Waals surface area contributed by atoms with E-state index in [0.29, 0.717) is 18.4 Å². The number of aromatic nitrogens is 1. The van der Waals surface area contributed by atoms with Crippen molar-refractivity contribution >= 4 is 11.6 Å². The minimum atomic E-state index is -4.46. The van der Waals surface area contributed by atoms with Gasteiger partial charge in [0.05, 0.1) is 24.2 Å². The first-order chi connectivity index (χ1) is 13.7. The fourth-order valence-electron chi connectivity index (χ4n) is 4.28. The third kappa shape index (κ3) is 4.15. The predicted octanol–water partition coefficient (Wildman–Crippen LogP) is 4.80. The van der Waals surface area contributed by atoms with E-state index in [-0.39, 0.29) is 23.6 Å². The summed E-state index contributed by atoms with van der Waals surface area (Å²) >= 11 is 0. The van der Waals surface area contributed by atoms with E-state index < -0.39 is 17.7 Å². The van der Waals surface area contributed by atoms with Gasteiger partial charge in [-0.15, -0.1) is 0 Å². The summed E-state index contributed by atoms with van der Waals surface area (Å²) in [6, 6.07) is 8.55. The van der Waals surface area contributed by atoms with Crippen LogP contribution in [0.1, 0.15) is 36.1 Å². The maximum atomic E-state index is 13.2. The second-order valence-electron chi connectivity index (χ2n) is 8.11. The van der Waals surface area contributed by atoms with Crippen LogP contribution >= 0.6 is 0 Å². The minimum Gasteiger partial charge on any atom is -0.376 e. The summed E-state index contributed by atoms with van der Waals surface area (Å²) in [6.45, 7) is 4.43. The molecule has 0 spiro atoms. The van der Waals surface area contributed by atoms with Crippen LogP contribution in [0.5, 0.6) is 0 Å². The van der Waals surface area contributed by atoms with Crippen LogP contribution in [0.25, 0.3) is 0 Å². The summed E-state index contributed by atoms with van der Waals surface area (Å²) < 4.78 is 45.1. The fourth-order valence-corrected chi connectivity index (χ4v) is 4.28. The molecule has 2 aromatic rings. The third-order valence-corrected chi connectivity index (χ3v) is 5.96. The number of hydrogen-bond acceptors (Lipinski definition) is 3. The number of nitrogens with one attached hydrogen (secondary N) is 1. The van der Waals surface area contributed by atoms with Crippen LogP contribution < -0.4 is 5.32 Å². The van der Waals surface area contributed by atoms with Crippen LogP contribution in [0, 0.1) is 24.7 Å². The summed E-state index contributed by atoms with van der Waals surface area (Å²) in [5.74, 6) is -0.117. The van der Waals surface area contributed by atoms with Gasteiger partial charge < -0.3 is 10.1 Å². The summed E-state index contributed by atoms with van der Waals surface area (Å²) in [7, 11) is 0. The molecule has 2 aliphatic rings. The molecule has 0 bridgehead atoms. The highest BCUT2D eigenvalue weighted by molar-refractivity contribution is 5.94. The van der Waals surface area contributed by atoms with E-state index in [0.717, 1.165) is 29.8 Å². The molecule has 1 saturated carbocycles. The number of benzene rings is 1. The Morgan fingerprint density at radius 3 is 2.66 bits per heavy atom. The third-order valence-electron chi connectivity index (χ3n) is 5.96. The minimum absolute atomic E-state index is 0.143. The number of aryl methyl sites for hydroxylation is 1. The number of anilines is 1. The van der Waals surface area contributed by atoms with Gasteiger partial charge in [-0.1, -0.05) is 13.0 Å². The lowest BCUT2D eigenvalue weighted by molar-refractivity contribution is -0.137. The molecule has 1 aromatic heterocycles. The molecule has 1 saturated heterocycles. The smallest absolute Gasteiger partial charge is 0.376 e. The molecule has 4 rings (SSSR count). The fraction of sp³-hybridized carbons (Fsp3) is 0.455. The number of nitrogens with zero attached hydrogens (tertiary/aromatic N) is 1. The number of amides is 1. The van der Waals surface area contributed by atoms with Crippen molar-refractivity contribution in [2.75, 3.05) is 11.9 Å². The predicted molar refractivity (Wildman–Crippen MR) is 102 cm³/mol. The van der Waals surface area contributed by atoms with Crippen molar-refractivity contribution in [2.24, 2.45) is 17.8 Å². The molecule has 0 unspecified atom stereocenters. The molecule has 7 heteroatoms. The molecule has 1 aliphatic carbocycles. The highest BCUT2D eigenvalue weighted by Gasteiger charge is 2.52. The van der Waals surface area contributed by atoms with Gasteiger partial charge in [-0.3, -0.25) is 9.78 Å². The van der Waals surface area contributed by atoms with Crippen molar-refractivity contribution in [1.29, 1.82) is 0 Å². The average molecular weight is 404 g/mol. The lowest BCUT2D eigenvalue weighted by atomic mass is 9.83. The molecule has 154 valence electrons. The molecular formula is C22H23F3N2O2. The normalized spacial score (nSPS) is 28.9. The zero-order valence-corrected chi connectivity index (χ0v) is 16.2. The maximum Gasteiger partial charge on any atom is 0.416 e. The number of carbonyl (C=O) groups excluding carboxylic acids is 1. The Kier molecular flexibility index (Phi) is 5.11. The molecule has 1 amide bonds. The Morgan fingerprint density at radius 1 is 1.24 bits per heavy atom. The van der Waals surface area contributed by atoms with Gasteiger partial charge in [0.25, 0.3) is 0 Å². The molecule has 29 heavy (non-hydrogen) atoms. The molecule has 4 nitrogen and oxygen atoms in total. The standard InChI is InChI=1S/C22H23F3N2O2/c1-12-8-17(12)20-19(18(11-29-20)14-6-7-26-13(2)9-14)21(28)27-16-5-3-4-15(10-16)22(23,24)25/h3-7,9-10,12,17-20H,8,11H2,1-2H3,(H,27,28)/t12-,17+,18+,19-,20+/m0/s1. The van der Waals surface area contributed by atoms with Gasteiger partial charge in [-0.05, 0) is 61.1 Å². The van der Waals surface area contributed by atoms with E-state index in [1.165, 1.54) is 12.1 Å². The topological polar surface area (TPSA) is 51.2 Å². The van der Waals surface area contributed by atoms with Crippen molar-refractivity contribution < 1.29 is 22.7 Å². The second-order valence-corrected chi connectivity index (χ2v) is 8.11. The Balaban J connectivity index is 1.60. The van der Waals surface area contributed by atoms with Gasteiger partial charge in [0.1, 0.15) is 0 Å². The first-order valence-corrected chi connectivity index (χ1v) is 9.76. The zero-order valence-electron chi connectivity index (χ0n) is 16.2. The number of ether oxygens (including phenoxy) is 1. The Labute approximate surface area is 167 Å². The van der Waals surface area contributed by atoms with E-state index in [9.17, 15) is 18.0 Å². The van der Waals surface area contributed by atoms with Crippen molar-refractivity contribution in [1.82, 2.24) is 4.98 Å². The van der Waals surface area contributed by atoms with Gasteiger partial charge in [0.15, 0.2) is 0 Å². The molecular weight excluding hydrogens is 381 g/mol. The number of carbonyl (C=O) groups is 1. The van der Waals surface area contributed by atoms with Gasteiger partial charge in [-0.2, -0.15) is 13.2 Å². The zero-order chi connectivity index (χ0) is 20.8. The van der Waals surface area contributed by atoms with Gasteiger partial charge in [-0.25, -0.2) is 0 Å². The summed E-state index contributed by atoms with van der Waals surface area (Å²) in [6.07, 6.45) is -1.98. The van der Waals surface area contributed by atoms with E-state index in [4.69, 9.17) is 4.74 Å². The molecule has 2 heterocycles. The van der Waals surface area contributed by atoms with Crippen LogP contribution in [0.2, 0.25) is 0 Å². The lowest BCUT2D eigenvalue weighted by Gasteiger charge is -2.23. The van der Waals surface area contributed by atoms with E-state index in [2.05, 4.69) is 17.2 Å². The highest BCUT2D eigenvalue weighted by Crippen LogP contribution is 2.50. The lowest BCUT2D eigenvalue weighted by Crippen LogP contribution is -2.34. The maximum absolute atomic E-state index is 13.2. The van der Waals surface area contributed by atoms with Crippen molar-refractivity contribution in [3.63, 3.8) is 0 Å². The molecule has 1 aromatic carbocycles. The van der Waals surface area contributed by atoms with Crippen LogP contribution in [0.4, 0.5) is 18.9 Å². The van der Waals surface area contributed by atoms with E-state index in [1.54, 1.807) is 6.20 Å². The highest BCUT2D eigenvalue weighted by atomic mass is 19.4. The average Bonchev–Trinajstić information content (AvgIpc) is 3.22. The second kappa shape index (κ2) is 7.44. The van der Waals surface area contributed by atoms with E-state index >= 15 is 0 Å². The van der Waals surface area contributed by atoms with Crippen LogP contribution in [-0.4, -0.2) is 23.6 Å². The number of halogens is 3. The molecule has 0 radical (unpaired) electrons. The quantitative estimate of drug-likeness (QED) is 0.796. The van der Waals surface area contributed by atoms with Gasteiger partial charge >= 0.3 is 6.18 Å². The Bertz CT molecular complexity index is 915. The monoisotopic (exact) mass is 404 g/mol. The number of pyridine rings is 1.